The predicted molar refractivity (Wildman–Crippen MR) is 80.0 cm³/mol. The molecule has 0 fully saturated rings. The molecule has 0 heterocycles. The minimum atomic E-state index is -0.486. The molecule has 1 amide bonds. The van der Waals surface area contributed by atoms with E-state index in [1.807, 2.05) is 45.9 Å². The topological polar surface area (TPSA) is 38.3 Å². The summed E-state index contributed by atoms with van der Waals surface area (Å²) in [5, 5.41) is 2.60. The van der Waals surface area contributed by atoms with Crippen LogP contribution in [0.1, 0.15) is 31.9 Å². The van der Waals surface area contributed by atoms with E-state index >= 15 is 0 Å². The first kappa shape index (κ1) is 15.6. The highest BCUT2D eigenvalue weighted by Gasteiger charge is 2.14. The van der Waals surface area contributed by atoms with Crippen molar-refractivity contribution in [1.82, 2.24) is 5.32 Å². The van der Waals surface area contributed by atoms with Crippen LogP contribution in [-0.2, 0) is 4.74 Å². The fraction of sp³-hybridized carbons (Fsp3) is 0.400. The van der Waals surface area contributed by atoms with Crippen LogP contribution in [0.3, 0.4) is 0 Å². The minimum Gasteiger partial charge on any atom is -0.444 e. The number of amides is 1. The normalized spacial score (nSPS) is 10.4. The number of hydrogen-bond donors (Lipinski definition) is 1. The maximum absolute atomic E-state index is 11.4. The van der Waals surface area contributed by atoms with Crippen molar-refractivity contribution in [3.05, 3.63) is 33.8 Å². The summed E-state index contributed by atoms with van der Waals surface area (Å²) >= 11 is 3.40. The molecular formula is C15H18BrNO2. The molecule has 1 aromatic carbocycles. The van der Waals surface area contributed by atoms with Crippen molar-refractivity contribution < 1.29 is 9.53 Å². The Kier molecular flexibility index (Phi) is 5.44. The first-order valence-corrected chi connectivity index (χ1v) is 6.79. The van der Waals surface area contributed by atoms with Gasteiger partial charge in [-0.05, 0) is 51.5 Å². The zero-order valence-corrected chi connectivity index (χ0v) is 13.2. The quantitative estimate of drug-likeness (QED) is 0.801. The van der Waals surface area contributed by atoms with Crippen LogP contribution in [0.25, 0.3) is 0 Å². The summed E-state index contributed by atoms with van der Waals surface area (Å²) in [6.07, 6.45) is -0.450. The van der Waals surface area contributed by atoms with Gasteiger partial charge in [-0.15, -0.1) is 0 Å². The average Bonchev–Trinajstić information content (AvgIpc) is 2.24. The summed E-state index contributed by atoms with van der Waals surface area (Å²) in [6, 6.07) is 5.89. The number of benzene rings is 1. The van der Waals surface area contributed by atoms with E-state index in [9.17, 15) is 4.79 Å². The molecule has 0 aromatic heterocycles. The van der Waals surface area contributed by atoms with Gasteiger partial charge >= 0.3 is 6.09 Å². The highest BCUT2D eigenvalue weighted by Crippen LogP contribution is 2.14. The van der Waals surface area contributed by atoms with Crippen LogP contribution in [0.15, 0.2) is 22.7 Å². The lowest BCUT2D eigenvalue weighted by atomic mass is 10.1. The van der Waals surface area contributed by atoms with Crippen molar-refractivity contribution in [2.45, 2.75) is 33.3 Å². The summed E-state index contributed by atoms with van der Waals surface area (Å²) < 4.78 is 6.14. The number of aryl methyl sites for hydroxylation is 1. The second-order valence-corrected chi connectivity index (χ2v) is 6.03. The Hall–Kier alpha value is -1.47. The van der Waals surface area contributed by atoms with Gasteiger partial charge in [0.05, 0.1) is 6.54 Å². The lowest BCUT2D eigenvalue weighted by Gasteiger charge is -2.19. The van der Waals surface area contributed by atoms with Gasteiger partial charge in [0, 0.05) is 10.0 Å². The Morgan fingerprint density at radius 1 is 1.42 bits per heavy atom. The summed E-state index contributed by atoms with van der Waals surface area (Å²) in [5.74, 6) is 5.92. The van der Waals surface area contributed by atoms with Crippen molar-refractivity contribution in [3.8, 4) is 11.8 Å². The van der Waals surface area contributed by atoms with Gasteiger partial charge < -0.3 is 10.1 Å². The minimum absolute atomic E-state index is 0.268. The molecule has 0 unspecified atom stereocenters. The molecule has 0 atom stereocenters. The molecule has 1 N–H and O–H groups in total. The van der Waals surface area contributed by atoms with Crippen molar-refractivity contribution in [2.75, 3.05) is 6.54 Å². The molecule has 4 heteroatoms. The molecule has 0 saturated heterocycles. The van der Waals surface area contributed by atoms with Gasteiger partial charge in [0.15, 0.2) is 0 Å². The number of alkyl carbamates (subject to hydrolysis) is 1. The Morgan fingerprint density at radius 2 is 2.11 bits per heavy atom. The number of halogens is 1. The van der Waals surface area contributed by atoms with Crippen LogP contribution in [0.5, 0.6) is 0 Å². The molecule has 0 saturated carbocycles. The monoisotopic (exact) mass is 323 g/mol. The molecule has 1 rings (SSSR count). The van der Waals surface area contributed by atoms with Crippen molar-refractivity contribution in [1.29, 1.82) is 0 Å². The molecule has 0 aliphatic carbocycles. The largest absolute Gasteiger partial charge is 0.444 e. The molecule has 0 bridgehead atoms. The standard InChI is InChI=1S/C15H18BrNO2/c1-11-10-13(16)8-7-12(11)6-5-9-17-14(18)19-15(2,3)4/h7-8,10H,9H2,1-4H3,(H,17,18). The molecular weight excluding hydrogens is 306 g/mol. The second-order valence-electron chi connectivity index (χ2n) is 5.12. The predicted octanol–water partition coefficient (Wildman–Crippen LogP) is 3.63. The van der Waals surface area contributed by atoms with E-state index < -0.39 is 11.7 Å². The van der Waals surface area contributed by atoms with E-state index in [0.29, 0.717) is 0 Å². The third-order valence-corrected chi connectivity index (χ3v) is 2.62. The SMILES string of the molecule is Cc1cc(Br)ccc1C#CCNC(=O)OC(C)(C)C. The molecule has 0 spiro atoms. The van der Waals surface area contributed by atoms with Crippen LogP contribution in [0, 0.1) is 18.8 Å². The number of hydrogen-bond acceptors (Lipinski definition) is 2. The fourth-order valence-electron chi connectivity index (χ4n) is 1.34. The van der Waals surface area contributed by atoms with Gasteiger partial charge in [0.1, 0.15) is 5.60 Å². The fourth-order valence-corrected chi connectivity index (χ4v) is 1.81. The lowest BCUT2D eigenvalue weighted by molar-refractivity contribution is 0.0535. The molecule has 1 aromatic rings. The molecule has 3 nitrogen and oxygen atoms in total. The first-order valence-electron chi connectivity index (χ1n) is 6.00. The van der Waals surface area contributed by atoms with E-state index in [4.69, 9.17) is 4.74 Å². The third-order valence-electron chi connectivity index (χ3n) is 2.13. The van der Waals surface area contributed by atoms with Crippen molar-refractivity contribution in [3.63, 3.8) is 0 Å². The van der Waals surface area contributed by atoms with Gasteiger partial charge in [-0.3, -0.25) is 0 Å². The van der Waals surface area contributed by atoms with Crippen molar-refractivity contribution >= 4 is 22.0 Å². The molecule has 0 aliphatic heterocycles. The Bertz CT molecular complexity index is 521. The molecule has 0 radical (unpaired) electrons. The number of ether oxygens (including phenoxy) is 1. The maximum Gasteiger partial charge on any atom is 0.408 e. The van der Waals surface area contributed by atoms with E-state index in [1.54, 1.807) is 0 Å². The van der Waals surface area contributed by atoms with Crippen LogP contribution in [0.4, 0.5) is 4.79 Å². The van der Waals surface area contributed by atoms with Crippen LogP contribution < -0.4 is 5.32 Å². The number of carbonyl (C=O) groups is 1. The second kappa shape index (κ2) is 6.63. The summed E-state index contributed by atoms with van der Waals surface area (Å²) in [4.78, 5) is 11.4. The summed E-state index contributed by atoms with van der Waals surface area (Å²) in [7, 11) is 0. The number of rotatable bonds is 1. The van der Waals surface area contributed by atoms with E-state index in [0.717, 1.165) is 15.6 Å². The third kappa shape index (κ3) is 6.30. The van der Waals surface area contributed by atoms with Gasteiger partial charge in [0.25, 0.3) is 0 Å². The lowest BCUT2D eigenvalue weighted by Crippen LogP contribution is -2.32. The molecule has 0 aliphatic rings. The molecule has 19 heavy (non-hydrogen) atoms. The van der Waals surface area contributed by atoms with Crippen molar-refractivity contribution in [2.24, 2.45) is 0 Å². The van der Waals surface area contributed by atoms with Crippen LogP contribution in [-0.4, -0.2) is 18.2 Å². The van der Waals surface area contributed by atoms with E-state index in [-0.39, 0.29) is 6.54 Å². The highest BCUT2D eigenvalue weighted by atomic mass is 79.9. The highest BCUT2D eigenvalue weighted by molar-refractivity contribution is 9.10. The first-order chi connectivity index (χ1) is 8.78. The zero-order chi connectivity index (χ0) is 14.5. The average molecular weight is 324 g/mol. The Morgan fingerprint density at radius 3 is 2.68 bits per heavy atom. The summed E-state index contributed by atoms with van der Waals surface area (Å²) in [6.45, 7) is 7.73. The number of nitrogens with one attached hydrogen (secondary N) is 1. The van der Waals surface area contributed by atoms with Gasteiger partial charge in [-0.1, -0.05) is 27.8 Å². The molecule has 102 valence electrons. The van der Waals surface area contributed by atoms with E-state index in [2.05, 4.69) is 33.1 Å². The zero-order valence-electron chi connectivity index (χ0n) is 11.6. The van der Waals surface area contributed by atoms with Gasteiger partial charge in [0.2, 0.25) is 0 Å². The van der Waals surface area contributed by atoms with Crippen LogP contribution in [0.2, 0.25) is 0 Å². The van der Waals surface area contributed by atoms with E-state index in [1.165, 1.54) is 0 Å². The Labute approximate surface area is 122 Å². The maximum atomic E-state index is 11.4. The smallest absolute Gasteiger partial charge is 0.408 e. The van der Waals surface area contributed by atoms with Gasteiger partial charge in [-0.2, -0.15) is 0 Å². The van der Waals surface area contributed by atoms with Gasteiger partial charge in [-0.25, -0.2) is 4.79 Å². The van der Waals surface area contributed by atoms with Crippen LogP contribution >= 0.6 is 15.9 Å². The number of carbonyl (C=O) groups excluding carboxylic acids is 1. The Balaban J connectivity index is 2.50. The summed E-state index contributed by atoms with van der Waals surface area (Å²) in [5.41, 5.74) is 1.56.